The maximum Gasteiger partial charge on any atom is 0.354 e. The molecule has 2 rings (SSSR count). The number of aryl methyl sites for hydroxylation is 1. The lowest BCUT2D eigenvalue weighted by Gasteiger charge is -2.08. The number of halogens is 1. The van der Waals surface area contributed by atoms with Gasteiger partial charge in [-0.15, -0.1) is 0 Å². The maximum atomic E-state index is 13.0. The van der Waals surface area contributed by atoms with E-state index in [1.807, 2.05) is 6.92 Å². The molecule has 0 radical (unpaired) electrons. The van der Waals surface area contributed by atoms with Crippen LogP contribution in [0.1, 0.15) is 21.6 Å². The topological polar surface area (TPSA) is 62.2 Å². The van der Waals surface area contributed by atoms with Gasteiger partial charge in [-0.1, -0.05) is 6.07 Å². The van der Waals surface area contributed by atoms with Crippen molar-refractivity contribution in [1.82, 2.24) is 4.98 Å². The Labute approximate surface area is 116 Å². The van der Waals surface area contributed by atoms with Crippen molar-refractivity contribution in [3.05, 3.63) is 59.2 Å². The molecule has 0 bridgehead atoms. The maximum absolute atomic E-state index is 13.0. The zero-order valence-corrected chi connectivity index (χ0v) is 11.1. The van der Waals surface area contributed by atoms with Crippen LogP contribution in [0.2, 0.25) is 0 Å². The van der Waals surface area contributed by atoms with Crippen LogP contribution in [0.15, 0.2) is 36.5 Å². The first-order valence-electron chi connectivity index (χ1n) is 6.24. The number of pyridine rings is 1. The number of anilines is 1. The van der Waals surface area contributed by atoms with Gasteiger partial charge >= 0.3 is 5.97 Å². The van der Waals surface area contributed by atoms with Crippen LogP contribution in [0.25, 0.3) is 0 Å². The summed E-state index contributed by atoms with van der Waals surface area (Å²) in [5.41, 5.74) is 2.78. The Bertz CT molecular complexity index is 612. The van der Waals surface area contributed by atoms with Crippen molar-refractivity contribution in [3.63, 3.8) is 0 Å². The van der Waals surface area contributed by atoms with Crippen molar-refractivity contribution in [1.29, 1.82) is 0 Å². The lowest BCUT2D eigenvalue weighted by atomic mass is 10.1. The largest absolute Gasteiger partial charge is 0.477 e. The highest BCUT2D eigenvalue weighted by molar-refractivity contribution is 5.85. The van der Waals surface area contributed by atoms with E-state index in [-0.39, 0.29) is 11.5 Å². The predicted molar refractivity (Wildman–Crippen MR) is 74.5 cm³/mol. The molecule has 104 valence electrons. The van der Waals surface area contributed by atoms with Crippen molar-refractivity contribution in [2.75, 3.05) is 11.9 Å². The SMILES string of the molecule is Cc1cc(F)ccc1CCNc1ccc(C(=O)O)nc1. The number of aromatic nitrogens is 1. The highest BCUT2D eigenvalue weighted by Gasteiger charge is 2.04. The van der Waals surface area contributed by atoms with E-state index in [1.165, 1.54) is 24.4 Å². The summed E-state index contributed by atoms with van der Waals surface area (Å²) < 4.78 is 13.0. The van der Waals surface area contributed by atoms with Crippen molar-refractivity contribution in [3.8, 4) is 0 Å². The van der Waals surface area contributed by atoms with E-state index >= 15 is 0 Å². The van der Waals surface area contributed by atoms with E-state index in [2.05, 4.69) is 10.3 Å². The van der Waals surface area contributed by atoms with Crippen LogP contribution >= 0.6 is 0 Å². The first-order chi connectivity index (χ1) is 9.56. The van der Waals surface area contributed by atoms with Gasteiger partial charge in [-0.05, 0) is 48.7 Å². The van der Waals surface area contributed by atoms with E-state index in [1.54, 1.807) is 12.1 Å². The van der Waals surface area contributed by atoms with Gasteiger partial charge in [0.1, 0.15) is 11.5 Å². The quantitative estimate of drug-likeness (QED) is 0.880. The Hall–Kier alpha value is -2.43. The average Bonchev–Trinajstić information content (AvgIpc) is 2.42. The number of carbonyl (C=O) groups is 1. The molecular formula is C15H15FN2O2. The number of aromatic carboxylic acids is 1. The van der Waals surface area contributed by atoms with Crippen molar-refractivity contribution < 1.29 is 14.3 Å². The van der Waals surface area contributed by atoms with Crippen LogP contribution < -0.4 is 5.32 Å². The molecule has 20 heavy (non-hydrogen) atoms. The smallest absolute Gasteiger partial charge is 0.354 e. The molecule has 0 fully saturated rings. The summed E-state index contributed by atoms with van der Waals surface area (Å²) in [7, 11) is 0. The fraction of sp³-hybridized carbons (Fsp3) is 0.200. The third kappa shape index (κ3) is 3.54. The van der Waals surface area contributed by atoms with Crippen molar-refractivity contribution in [2.45, 2.75) is 13.3 Å². The predicted octanol–water partition coefficient (Wildman–Crippen LogP) is 2.88. The Morgan fingerprint density at radius 3 is 2.75 bits per heavy atom. The number of hydrogen-bond acceptors (Lipinski definition) is 3. The van der Waals surface area contributed by atoms with E-state index in [9.17, 15) is 9.18 Å². The minimum Gasteiger partial charge on any atom is -0.477 e. The van der Waals surface area contributed by atoms with Gasteiger partial charge < -0.3 is 10.4 Å². The summed E-state index contributed by atoms with van der Waals surface area (Å²) in [6, 6.07) is 7.87. The van der Waals surface area contributed by atoms with Crippen LogP contribution in [0.5, 0.6) is 0 Å². The Morgan fingerprint density at radius 1 is 1.35 bits per heavy atom. The Kier molecular flexibility index (Phi) is 4.30. The summed E-state index contributed by atoms with van der Waals surface area (Å²) in [6.07, 6.45) is 2.24. The number of hydrogen-bond donors (Lipinski definition) is 2. The number of carboxylic acid groups (broad SMARTS) is 1. The average molecular weight is 274 g/mol. The molecule has 4 nitrogen and oxygen atoms in total. The van der Waals surface area contributed by atoms with Crippen molar-refractivity contribution in [2.24, 2.45) is 0 Å². The molecule has 0 spiro atoms. The third-order valence-corrected chi connectivity index (χ3v) is 3.01. The molecule has 1 heterocycles. The van der Waals surface area contributed by atoms with E-state index in [4.69, 9.17) is 5.11 Å². The molecule has 0 aliphatic carbocycles. The summed E-state index contributed by atoms with van der Waals surface area (Å²) in [5, 5.41) is 11.9. The zero-order valence-electron chi connectivity index (χ0n) is 11.1. The van der Waals surface area contributed by atoms with E-state index in [0.717, 1.165) is 23.2 Å². The first-order valence-corrected chi connectivity index (χ1v) is 6.24. The molecule has 0 unspecified atom stereocenters. The molecule has 0 saturated carbocycles. The molecule has 0 amide bonds. The monoisotopic (exact) mass is 274 g/mol. The summed E-state index contributed by atoms with van der Waals surface area (Å²) >= 11 is 0. The molecule has 5 heteroatoms. The number of nitrogens with one attached hydrogen (secondary N) is 1. The lowest BCUT2D eigenvalue weighted by molar-refractivity contribution is 0.0690. The zero-order chi connectivity index (χ0) is 14.5. The van der Waals surface area contributed by atoms with Gasteiger partial charge in [-0.25, -0.2) is 14.2 Å². The van der Waals surface area contributed by atoms with Gasteiger partial charge in [-0.2, -0.15) is 0 Å². The molecule has 1 aromatic heterocycles. The molecule has 0 saturated heterocycles. The second-order valence-corrected chi connectivity index (χ2v) is 4.48. The van der Waals surface area contributed by atoms with E-state index in [0.29, 0.717) is 6.54 Å². The second kappa shape index (κ2) is 6.14. The summed E-state index contributed by atoms with van der Waals surface area (Å²) in [5.74, 6) is -1.27. The molecule has 2 aromatic rings. The molecule has 0 atom stereocenters. The van der Waals surface area contributed by atoms with Crippen LogP contribution in [-0.2, 0) is 6.42 Å². The van der Waals surface area contributed by atoms with Crippen LogP contribution in [0.4, 0.5) is 10.1 Å². The number of nitrogens with zero attached hydrogens (tertiary/aromatic N) is 1. The van der Waals surface area contributed by atoms with Crippen molar-refractivity contribution >= 4 is 11.7 Å². The van der Waals surface area contributed by atoms with Crippen LogP contribution in [0.3, 0.4) is 0 Å². The minimum absolute atomic E-state index is 0.0185. The normalized spacial score (nSPS) is 10.3. The highest BCUT2D eigenvalue weighted by atomic mass is 19.1. The van der Waals surface area contributed by atoms with Gasteiger partial charge in [-0.3, -0.25) is 0 Å². The van der Waals surface area contributed by atoms with Gasteiger partial charge in [0.05, 0.1) is 11.9 Å². The molecule has 1 aromatic carbocycles. The number of carboxylic acids is 1. The third-order valence-electron chi connectivity index (χ3n) is 3.01. The lowest BCUT2D eigenvalue weighted by Crippen LogP contribution is -2.07. The van der Waals surface area contributed by atoms with Gasteiger partial charge in [0.2, 0.25) is 0 Å². The summed E-state index contributed by atoms with van der Waals surface area (Å²) in [4.78, 5) is 14.5. The first kappa shape index (κ1) is 14.0. The van der Waals surface area contributed by atoms with E-state index < -0.39 is 5.97 Å². The second-order valence-electron chi connectivity index (χ2n) is 4.48. The van der Waals surface area contributed by atoms with Crippen LogP contribution in [-0.4, -0.2) is 22.6 Å². The van der Waals surface area contributed by atoms with Gasteiger partial charge in [0.25, 0.3) is 0 Å². The van der Waals surface area contributed by atoms with Crippen LogP contribution in [0, 0.1) is 12.7 Å². The minimum atomic E-state index is -1.04. The Morgan fingerprint density at radius 2 is 2.15 bits per heavy atom. The number of benzene rings is 1. The number of rotatable bonds is 5. The molecule has 2 N–H and O–H groups in total. The molecule has 0 aliphatic rings. The molecular weight excluding hydrogens is 259 g/mol. The standard InChI is InChI=1S/C15H15FN2O2/c1-10-8-12(16)3-2-11(10)6-7-17-13-4-5-14(15(19)20)18-9-13/h2-5,8-9,17H,6-7H2,1H3,(H,19,20). The molecule has 0 aliphatic heterocycles. The highest BCUT2D eigenvalue weighted by Crippen LogP contribution is 2.12. The van der Waals surface area contributed by atoms with Gasteiger partial charge in [0, 0.05) is 6.54 Å². The fourth-order valence-corrected chi connectivity index (χ4v) is 1.91. The fourth-order valence-electron chi connectivity index (χ4n) is 1.91. The van der Waals surface area contributed by atoms with Gasteiger partial charge in [0.15, 0.2) is 0 Å². The Balaban J connectivity index is 1.91. The summed E-state index contributed by atoms with van der Waals surface area (Å²) in [6.45, 7) is 2.54.